The zero-order valence-corrected chi connectivity index (χ0v) is 23.5. The summed E-state index contributed by atoms with van der Waals surface area (Å²) in [4.78, 5) is 0. The zero-order valence-electron chi connectivity index (χ0n) is 23.5. The second-order valence-corrected chi connectivity index (χ2v) is 9.88. The van der Waals surface area contributed by atoms with Gasteiger partial charge in [0.25, 0.3) is 0 Å². The van der Waals surface area contributed by atoms with Crippen molar-refractivity contribution in [1.82, 2.24) is 0 Å². The fourth-order valence-corrected chi connectivity index (χ4v) is 4.49. The van der Waals surface area contributed by atoms with Crippen LogP contribution in [0.2, 0.25) is 0 Å². The van der Waals surface area contributed by atoms with Gasteiger partial charge in [-0.2, -0.15) is 22.0 Å². The number of fused-ring (bicyclic) bond motifs is 1. The molecule has 236 valence electrons. The Labute approximate surface area is 260 Å². The molecule has 1 nitrogen and oxygen atoms in total. The summed E-state index contributed by atoms with van der Waals surface area (Å²) in [6.45, 7) is 3.66. The molecule has 0 heterocycles. The zero-order chi connectivity index (χ0) is 34.1. The minimum Gasteiger partial charge on any atom is -0.429 e. The van der Waals surface area contributed by atoms with Crippen LogP contribution in [0.4, 0.5) is 43.9 Å². The molecule has 47 heavy (non-hydrogen) atoms. The molecule has 0 spiro atoms. The first-order valence-electron chi connectivity index (χ1n) is 13.3. The van der Waals surface area contributed by atoms with E-state index in [1.807, 2.05) is 0 Å². The first-order chi connectivity index (χ1) is 22.1. The third-order valence-corrected chi connectivity index (χ3v) is 6.70. The first kappa shape index (κ1) is 32.7. The maximum Gasteiger partial charge on any atom is 0.458 e. The Kier molecular flexibility index (Phi) is 8.77. The van der Waals surface area contributed by atoms with Crippen LogP contribution in [0.15, 0.2) is 85.4 Å². The van der Waals surface area contributed by atoms with Crippen molar-refractivity contribution in [3.05, 3.63) is 142 Å². The highest BCUT2D eigenvalue weighted by molar-refractivity contribution is 5.86. The summed E-state index contributed by atoms with van der Waals surface area (Å²) in [6.07, 6.45) is -8.04. The fourth-order valence-electron chi connectivity index (χ4n) is 4.49. The van der Waals surface area contributed by atoms with Crippen molar-refractivity contribution >= 4 is 16.8 Å². The van der Waals surface area contributed by atoms with Crippen molar-refractivity contribution in [3.8, 4) is 40.6 Å². The number of hydrogen-bond acceptors (Lipinski definition) is 1. The molecule has 0 aliphatic carbocycles. The largest absolute Gasteiger partial charge is 0.458 e. The summed E-state index contributed by atoms with van der Waals surface area (Å²) in [5, 5.41) is -0.898. The molecule has 0 bridgehead atoms. The molecule has 5 aromatic carbocycles. The van der Waals surface area contributed by atoms with Crippen molar-refractivity contribution < 1.29 is 48.6 Å². The first-order valence-corrected chi connectivity index (χ1v) is 13.3. The van der Waals surface area contributed by atoms with Crippen LogP contribution in [0.1, 0.15) is 27.8 Å². The van der Waals surface area contributed by atoms with Crippen LogP contribution in [0.25, 0.3) is 28.0 Å². The Morgan fingerprint density at radius 1 is 0.638 bits per heavy atom. The molecule has 11 heteroatoms. The predicted octanol–water partition coefficient (Wildman–Crippen LogP) is 10.3. The van der Waals surface area contributed by atoms with Crippen molar-refractivity contribution in [2.45, 2.75) is 12.3 Å². The number of rotatable bonds is 5. The van der Waals surface area contributed by atoms with E-state index in [4.69, 9.17) is 0 Å². The molecule has 5 rings (SSSR count). The number of hydrogen-bond donors (Lipinski definition) is 0. The third-order valence-electron chi connectivity index (χ3n) is 6.70. The van der Waals surface area contributed by atoms with E-state index in [0.717, 1.165) is 23.6 Å². The molecule has 0 saturated carbocycles. The van der Waals surface area contributed by atoms with Gasteiger partial charge in [0.05, 0.1) is 11.1 Å². The van der Waals surface area contributed by atoms with E-state index >= 15 is 0 Å². The Balaban J connectivity index is 1.38. The standard InChI is InChI=1S/C36H16F10O/c1-2-20-3-6-22(7-4-20)24-10-9-23(29(37)18-24)8-5-21-15-31(39)33(32(40)16-21)36(45,46)47-26-11-12-27-25(17-26)19-30(38)28(34(27)41)13-14-35(42,43)44/h2-4,6-7,9-12,15-19H,1H2. The molecular weight excluding hydrogens is 638 g/mol. The summed E-state index contributed by atoms with van der Waals surface area (Å²) in [6, 6.07) is 15.0. The minimum absolute atomic E-state index is 0.126. The van der Waals surface area contributed by atoms with E-state index in [2.05, 4.69) is 23.2 Å². The lowest BCUT2D eigenvalue weighted by Gasteiger charge is -2.20. The second kappa shape index (κ2) is 12.6. The van der Waals surface area contributed by atoms with E-state index in [1.165, 1.54) is 18.1 Å². The molecule has 0 saturated heterocycles. The minimum atomic E-state index is -5.03. The lowest BCUT2D eigenvalue weighted by molar-refractivity contribution is -0.189. The van der Waals surface area contributed by atoms with Gasteiger partial charge in [-0.05, 0) is 70.6 Å². The van der Waals surface area contributed by atoms with Crippen LogP contribution in [0.5, 0.6) is 5.75 Å². The molecule has 0 radical (unpaired) electrons. The fraction of sp³-hybridized carbons (Fsp3) is 0.0556. The van der Waals surface area contributed by atoms with Crippen LogP contribution >= 0.6 is 0 Å². The van der Waals surface area contributed by atoms with Crippen molar-refractivity contribution in [2.75, 3.05) is 0 Å². The molecule has 0 atom stereocenters. The van der Waals surface area contributed by atoms with Gasteiger partial charge in [-0.15, -0.1) is 0 Å². The van der Waals surface area contributed by atoms with Crippen LogP contribution in [-0.4, -0.2) is 6.18 Å². The van der Waals surface area contributed by atoms with Gasteiger partial charge in [0.1, 0.15) is 40.4 Å². The van der Waals surface area contributed by atoms with Crippen molar-refractivity contribution in [2.24, 2.45) is 0 Å². The molecular formula is C36H16F10O. The Morgan fingerprint density at radius 2 is 1.30 bits per heavy atom. The maximum atomic E-state index is 15.0. The average Bonchev–Trinajstić information content (AvgIpc) is 2.99. The quantitative estimate of drug-likeness (QED) is 0.135. The molecule has 5 aromatic rings. The summed E-state index contributed by atoms with van der Waals surface area (Å²) >= 11 is 0. The molecule has 0 aliphatic rings. The number of benzene rings is 5. The molecule has 0 N–H and O–H groups in total. The third kappa shape index (κ3) is 7.26. The van der Waals surface area contributed by atoms with Gasteiger partial charge in [0, 0.05) is 16.9 Å². The van der Waals surface area contributed by atoms with Gasteiger partial charge in [0.2, 0.25) is 0 Å². The number of halogens is 10. The van der Waals surface area contributed by atoms with Gasteiger partial charge in [-0.1, -0.05) is 60.7 Å². The summed E-state index contributed by atoms with van der Waals surface area (Å²) in [7, 11) is 0. The smallest absolute Gasteiger partial charge is 0.429 e. The highest BCUT2D eigenvalue weighted by Gasteiger charge is 2.41. The second-order valence-electron chi connectivity index (χ2n) is 9.88. The van der Waals surface area contributed by atoms with E-state index in [1.54, 1.807) is 36.4 Å². The van der Waals surface area contributed by atoms with Crippen LogP contribution < -0.4 is 4.74 Å². The maximum absolute atomic E-state index is 15.0. The summed E-state index contributed by atoms with van der Waals surface area (Å²) < 4.78 is 145. The summed E-state index contributed by atoms with van der Waals surface area (Å²) in [5.41, 5.74) is -1.42. The molecule has 0 aliphatic heterocycles. The summed E-state index contributed by atoms with van der Waals surface area (Å²) in [5.74, 6) is -1.22. The Morgan fingerprint density at radius 3 is 1.91 bits per heavy atom. The number of ether oxygens (including phenoxy) is 1. The van der Waals surface area contributed by atoms with E-state index in [0.29, 0.717) is 35.4 Å². The highest BCUT2D eigenvalue weighted by atomic mass is 19.4. The highest BCUT2D eigenvalue weighted by Crippen LogP contribution is 2.37. The Bertz CT molecular complexity index is 2140. The SMILES string of the molecule is C=Cc1ccc(-c2ccc(C#Cc3cc(F)c(C(F)(F)Oc4ccc5c(F)c(C#CC(F)(F)F)c(F)cc5c4)c(F)c3)c(F)c2)cc1. The van der Waals surface area contributed by atoms with Gasteiger partial charge in [0.15, 0.2) is 0 Å². The van der Waals surface area contributed by atoms with Gasteiger partial charge >= 0.3 is 12.3 Å². The van der Waals surface area contributed by atoms with Crippen molar-refractivity contribution in [3.63, 3.8) is 0 Å². The van der Waals surface area contributed by atoms with Gasteiger partial charge in [-0.3, -0.25) is 0 Å². The number of alkyl halides is 5. The van der Waals surface area contributed by atoms with E-state index in [-0.39, 0.29) is 5.56 Å². The van der Waals surface area contributed by atoms with Gasteiger partial charge in [-0.25, -0.2) is 22.0 Å². The van der Waals surface area contributed by atoms with Crippen LogP contribution in [-0.2, 0) is 6.11 Å². The van der Waals surface area contributed by atoms with E-state index < -0.39 is 74.6 Å². The monoisotopic (exact) mass is 654 g/mol. The lowest BCUT2D eigenvalue weighted by atomic mass is 10.0. The lowest BCUT2D eigenvalue weighted by Crippen LogP contribution is -2.25. The Hall–Kier alpha value is -5.68. The van der Waals surface area contributed by atoms with Crippen LogP contribution in [0, 0.1) is 52.8 Å². The molecule has 0 aromatic heterocycles. The predicted molar refractivity (Wildman–Crippen MR) is 156 cm³/mol. The average molecular weight is 655 g/mol. The van der Waals surface area contributed by atoms with Crippen LogP contribution in [0.3, 0.4) is 0 Å². The molecule has 0 fully saturated rings. The van der Waals surface area contributed by atoms with E-state index in [9.17, 15) is 43.9 Å². The molecule has 0 amide bonds. The van der Waals surface area contributed by atoms with Crippen molar-refractivity contribution in [1.29, 1.82) is 0 Å². The topological polar surface area (TPSA) is 9.23 Å². The normalized spacial score (nSPS) is 11.4. The van der Waals surface area contributed by atoms with Gasteiger partial charge < -0.3 is 4.74 Å². The molecule has 0 unspecified atom stereocenters.